The number of carbonyl (C=O) groups excluding carboxylic acids is 1. The number of sulfonamides is 1. The van der Waals surface area contributed by atoms with Gasteiger partial charge in [0, 0.05) is 42.4 Å². The average molecular weight is 448 g/mol. The van der Waals surface area contributed by atoms with Crippen LogP contribution in [0.1, 0.15) is 22.3 Å². The zero-order valence-electron chi connectivity index (χ0n) is 16.1. The van der Waals surface area contributed by atoms with Crippen LogP contribution in [0.5, 0.6) is 0 Å². The average Bonchev–Trinajstić information content (AvgIpc) is 2.73. The van der Waals surface area contributed by atoms with Gasteiger partial charge in [0.25, 0.3) is 10.0 Å². The Labute approximate surface area is 178 Å². The van der Waals surface area contributed by atoms with Crippen LogP contribution >= 0.6 is 11.8 Å². The quantitative estimate of drug-likeness (QED) is 0.645. The van der Waals surface area contributed by atoms with E-state index in [-0.39, 0.29) is 22.1 Å². The summed E-state index contributed by atoms with van der Waals surface area (Å²) in [5.41, 5.74) is 2.21. The number of amides is 1. The van der Waals surface area contributed by atoms with Crippen LogP contribution in [0, 0.1) is 0 Å². The lowest BCUT2D eigenvalue weighted by Gasteiger charge is -2.29. The Hall–Kier alpha value is -2.72. The Balaban J connectivity index is 1.61. The molecule has 2 aliphatic rings. The third-order valence-electron chi connectivity index (χ3n) is 5.11. The highest BCUT2D eigenvalue weighted by molar-refractivity contribution is 7.99. The predicted octanol–water partition coefficient (Wildman–Crippen LogP) is 2.62. The molecule has 0 aliphatic carbocycles. The summed E-state index contributed by atoms with van der Waals surface area (Å²) in [6.07, 6.45) is 0.777. The Morgan fingerprint density at radius 3 is 2.60 bits per heavy atom. The first-order valence-electron chi connectivity index (χ1n) is 9.49. The second kappa shape index (κ2) is 8.19. The summed E-state index contributed by atoms with van der Waals surface area (Å²) in [6, 6.07) is 9.12. The topological polar surface area (TPSA) is 116 Å². The van der Waals surface area contributed by atoms with Crippen molar-refractivity contribution in [1.29, 1.82) is 0 Å². The van der Waals surface area contributed by atoms with Crippen molar-refractivity contribution in [3.63, 3.8) is 0 Å². The molecule has 1 saturated heterocycles. The second-order valence-electron chi connectivity index (χ2n) is 7.11. The molecule has 0 aromatic heterocycles. The number of aryl methyl sites for hydroxylation is 1. The summed E-state index contributed by atoms with van der Waals surface area (Å²) in [4.78, 5) is 25.4. The van der Waals surface area contributed by atoms with Gasteiger partial charge in [-0.05, 0) is 48.4 Å². The van der Waals surface area contributed by atoms with Gasteiger partial charge in [0.05, 0.1) is 16.1 Å². The zero-order chi connectivity index (χ0) is 21.3. The van der Waals surface area contributed by atoms with E-state index >= 15 is 0 Å². The third-order valence-corrected chi connectivity index (χ3v) is 7.43. The Morgan fingerprint density at radius 1 is 1.10 bits per heavy atom. The summed E-state index contributed by atoms with van der Waals surface area (Å²) >= 11 is 1.82. The molecule has 1 fully saturated rings. The molecule has 0 spiro atoms. The minimum Gasteiger partial charge on any atom is -0.478 e. The number of aromatic carboxylic acids is 1. The van der Waals surface area contributed by atoms with Gasteiger partial charge in [-0.2, -0.15) is 11.8 Å². The minimum atomic E-state index is -3.91. The van der Waals surface area contributed by atoms with Crippen molar-refractivity contribution in [1.82, 2.24) is 0 Å². The van der Waals surface area contributed by atoms with E-state index in [1.165, 1.54) is 18.2 Å². The van der Waals surface area contributed by atoms with Gasteiger partial charge in [0.2, 0.25) is 5.91 Å². The van der Waals surface area contributed by atoms with E-state index in [4.69, 9.17) is 0 Å². The van der Waals surface area contributed by atoms with Crippen molar-refractivity contribution >= 4 is 50.7 Å². The maximum absolute atomic E-state index is 12.9. The van der Waals surface area contributed by atoms with Crippen molar-refractivity contribution in [2.24, 2.45) is 0 Å². The Kier molecular flexibility index (Phi) is 5.61. The van der Waals surface area contributed by atoms with Gasteiger partial charge < -0.3 is 15.3 Å². The molecule has 4 rings (SSSR count). The van der Waals surface area contributed by atoms with E-state index in [2.05, 4.69) is 10.0 Å². The molecule has 8 nitrogen and oxygen atoms in total. The van der Waals surface area contributed by atoms with Crippen LogP contribution in [0.25, 0.3) is 0 Å². The fourth-order valence-electron chi connectivity index (χ4n) is 3.59. The van der Waals surface area contributed by atoms with Gasteiger partial charge in [-0.3, -0.25) is 9.52 Å². The molecule has 0 atom stereocenters. The number of carboxylic acids is 1. The summed E-state index contributed by atoms with van der Waals surface area (Å²) in [7, 11) is -3.91. The third kappa shape index (κ3) is 4.24. The number of fused-ring (bicyclic) bond motifs is 1. The number of hydrogen-bond acceptors (Lipinski definition) is 6. The number of nitrogens with zero attached hydrogens (tertiary/aromatic N) is 1. The first-order chi connectivity index (χ1) is 14.3. The summed E-state index contributed by atoms with van der Waals surface area (Å²) in [6.45, 7) is 1.50. The van der Waals surface area contributed by atoms with Gasteiger partial charge in [-0.15, -0.1) is 0 Å². The lowest BCUT2D eigenvalue weighted by molar-refractivity contribution is -0.116. The van der Waals surface area contributed by atoms with Gasteiger partial charge in [-0.1, -0.05) is 0 Å². The predicted molar refractivity (Wildman–Crippen MR) is 117 cm³/mol. The largest absolute Gasteiger partial charge is 0.478 e. The van der Waals surface area contributed by atoms with E-state index in [1.807, 2.05) is 16.7 Å². The van der Waals surface area contributed by atoms with Crippen LogP contribution < -0.4 is 14.9 Å². The standard InChI is InChI=1S/C20H21N3O5S2/c24-19-6-1-13-11-15(3-4-17(13)21-19)30(27,28)22-14-2-5-18(16(12-14)20(25)26)23-7-9-29-10-8-23/h2-5,11-12,22H,1,6-10H2,(H,21,24)(H,25,26). The molecular weight excluding hydrogens is 426 g/mol. The number of carbonyl (C=O) groups is 2. The number of benzene rings is 2. The molecule has 30 heavy (non-hydrogen) atoms. The molecule has 2 aromatic rings. The van der Waals surface area contributed by atoms with Gasteiger partial charge in [-0.25, -0.2) is 13.2 Å². The van der Waals surface area contributed by atoms with Crippen LogP contribution in [0.2, 0.25) is 0 Å². The molecule has 0 unspecified atom stereocenters. The number of anilines is 3. The molecule has 2 heterocycles. The second-order valence-corrected chi connectivity index (χ2v) is 10.0. The summed E-state index contributed by atoms with van der Waals surface area (Å²) < 4.78 is 28.2. The molecular formula is C20H21N3O5S2. The molecule has 0 radical (unpaired) electrons. The fourth-order valence-corrected chi connectivity index (χ4v) is 5.59. The van der Waals surface area contributed by atoms with Crippen molar-refractivity contribution in [3.8, 4) is 0 Å². The molecule has 158 valence electrons. The zero-order valence-corrected chi connectivity index (χ0v) is 17.7. The lowest BCUT2D eigenvalue weighted by Crippen LogP contribution is -2.33. The normalized spacial score (nSPS) is 16.5. The molecule has 10 heteroatoms. The van der Waals surface area contributed by atoms with E-state index in [0.29, 0.717) is 24.2 Å². The summed E-state index contributed by atoms with van der Waals surface area (Å²) in [5, 5.41) is 12.4. The molecule has 0 saturated carbocycles. The highest BCUT2D eigenvalue weighted by Gasteiger charge is 2.22. The van der Waals surface area contributed by atoms with Gasteiger partial charge in [0.1, 0.15) is 0 Å². The van der Waals surface area contributed by atoms with Crippen LogP contribution in [0.4, 0.5) is 17.1 Å². The maximum Gasteiger partial charge on any atom is 0.337 e. The Bertz CT molecular complexity index is 1110. The minimum absolute atomic E-state index is 0.0615. The van der Waals surface area contributed by atoms with E-state index in [0.717, 1.165) is 30.2 Å². The van der Waals surface area contributed by atoms with Gasteiger partial charge in [0.15, 0.2) is 0 Å². The SMILES string of the molecule is O=C1CCc2cc(S(=O)(=O)Nc3ccc(N4CCSCC4)c(C(=O)O)c3)ccc2N1. The fraction of sp³-hybridized carbons (Fsp3) is 0.300. The van der Waals surface area contributed by atoms with Crippen molar-refractivity contribution in [2.75, 3.05) is 39.5 Å². The van der Waals surface area contributed by atoms with E-state index in [9.17, 15) is 23.1 Å². The monoisotopic (exact) mass is 447 g/mol. The lowest BCUT2D eigenvalue weighted by atomic mass is 10.0. The number of hydrogen-bond donors (Lipinski definition) is 3. The van der Waals surface area contributed by atoms with Crippen LogP contribution in [0.3, 0.4) is 0 Å². The van der Waals surface area contributed by atoms with Crippen LogP contribution in [0.15, 0.2) is 41.3 Å². The molecule has 0 bridgehead atoms. The Morgan fingerprint density at radius 2 is 1.87 bits per heavy atom. The number of carboxylic acid groups (broad SMARTS) is 1. The number of rotatable bonds is 5. The molecule has 2 aromatic carbocycles. The number of thioether (sulfide) groups is 1. The molecule has 1 amide bonds. The molecule has 2 aliphatic heterocycles. The van der Waals surface area contributed by atoms with Crippen LogP contribution in [-0.2, 0) is 21.2 Å². The smallest absolute Gasteiger partial charge is 0.337 e. The van der Waals surface area contributed by atoms with Gasteiger partial charge >= 0.3 is 5.97 Å². The molecule has 3 N–H and O–H groups in total. The van der Waals surface area contributed by atoms with Crippen molar-refractivity contribution < 1.29 is 23.1 Å². The number of nitrogens with one attached hydrogen (secondary N) is 2. The van der Waals surface area contributed by atoms with E-state index < -0.39 is 16.0 Å². The van der Waals surface area contributed by atoms with Crippen molar-refractivity contribution in [2.45, 2.75) is 17.7 Å². The first-order valence-corrected chi connectivity index (χ1v) is 12.1. The first kappa shape index (κ1) is 20.5. The highest BCUT2D eigenvalue weighted by Crippen LogP contribution is 2.29. The summed E-state index contributed by atoms with van der Waals surface area (Å²) in [5.74, 6) is 0.650. The van der Waals surface area contributed by atoms with Crippen LogP contribution in [-0.4, -0.2) is 50.0 Å². The van der Waals surface area contributed by atoms with E-state index in [1.54, 1.807) is 18.2 Å². The maximum atomic E-state index is 12.9. The highest BCUT2D eigenvalue weighted by atomic mass is 32.2. The van der Waals surface area contributed by atoms with Crippen molar-refractivity contribution in [3.05, 3.63) is 47.5 Å².